The van der Waals surface area contributed by atoms with Gasteiger partial charge in [0.2, 0.25) is 5.88 Å². The van der Waals surface area contributed by atoms with Gasteiger partial charge >= 0.3 is 6.18 Å². The van der Waals surface area contributed by atoms with Crippen LogP contribution in [0.25, 0.3) is 22.8 Å². The van der Waals surface area contributed by atoms with Crippen molar-refractivity contribution in [2.75, 3.05) is 20.3 Å². The van der Waals surface area contributed by atoms with Crippen LogP contribution in [0.2, 0.25) is 0 Å². The number of phenols is 1. The van der Waals surface area contributed by atoms with Crippen molar-refractivity contribution in [2.45, 2.75) is 36.6 Å². The molecular formula is C26H22B3F3N6O4. The molecule has 3 aromatic heterocycles. The van der Waals surface area contributed by atoms with Crippen LogP contribution >= 0.6 is 0 Å². The van der Waals surface area contributed by atoms with Gasteiger partial charge in [0.1, 0.15) is 30.1 Å². The van der Waals surface area contributed by atoms with Crippen LogP contribution in [0.15, 0.2) is 36.9 Å². The highest BCUT2D eigenvalue weighted by atomic mass is 19.4. The molecule has 0 unspecified atom stereocenters. The average Bonchev–Trinajstić information content (AvgIpc) is 3.67. The largest absolute Gasteiger partial charge is 0.508 e. The van der Waals surface area contributed by atoms with E-state index in [-0.39, 0.29) is 54.4 Å². The van der Waals surface area contributed by atoms with Gasteiger partial charge in [-0.1, -0.05) is 17.4 Å². The number of benzene rings is 1. The summed E-state index contributed by atoms with van der Waals surface area (Å²) in [4.78, 5) is 21.4. The topological polar surface area (TPSA) is 128 Å². The van der Waals surface area contributed by atoms with E-state index in [2.05, 4.69) is 24.9 Å². The first-order chi connectivity index (χ1) is 19.9. The van der Waals surface area contributed by atoms with Crippen LogP contribution in [0, 0.1) is 0 Å². The van der Waals surface area contributed by atoms with Gasteiger partial charge in [-0.25, -0.2) is 24.9 Å². The summed E-state index contributed by atoms with van der Waals surface area (Å²) in [6.07, 6.45) is 0.628. The quantitative estimate of drug-likeness (QED) is 0.276. The summed E-state index contributed by atoms with van der Waals surface area (Å²) in [5.41, 5.74) is 0.842. The lowest BCUT2D eigenvalue weighted by atomic mass is 9.49. The first-order valence-electron chi connectivity index (χ1n) is 12.8. The fraction of sp³-hybridized carbons (Fsp3) is 0.346. The highest BCUT2D eigenvalue weighted by Crippen LogP contribution is 2.45. The van der Waals surface area contributed by atoms with Gasteiger partial charge in [0.05, 0.1) is 54.8 Å². The molecule has 210 valence electrons. The summed E-state index contributed by atoms with van der Waals surface area (Å²) in [6.45, 7) is -0.202. The van der Waals surface area contributed by atoms with Crippen LogP contribution in [0.5, 0.6) is 17.4 Å². The first-order valence-corrected chi connectivity index (χ1v) is 12.8. The van der Waals surface area contributed by atoms with E-state index in [0.717, 1.165) is 23.1 Å². The van der Waals surface area contributed by atoms with Crippen LogP contribution in [0.1, 0.15) is 41.4 Å². The molecule has 1 aromatic carbocycles. The SMILES string of the molecule is [B]C([B])([B])n1cc(C(F)(F)F)nc1-c1ccc(Cc2nc(-c3c(OCCO)ncnc3C3CC3)ncc2OC)c(O)c1. The number of nitrogens with zero attached hydrogens (tertiary/aromatic N) is 6. The number of alkyl halides is 3. The fourth-order valence-electron chi connectivity index (χ4n) is 4.38. The van der Waals surface area contributed by atoms with Crippen LogP contribution in [0.3, 0.4) is 0 Å². The minimum Gasteiger partial charge on any atom is -0.508 e. The first kappa shape index (κ1) is 29.4. The van der Waals surface area contributed by atoms with E-state index >= 15 is 0 Å². The molecule has 0 bridgehead atoms. The van der Waals surface area contributed by atoms with E-state index in [1.165, 1.54) is 37.8 Å². The molecule has 1 fully saturated rings. The number of halogens is 3. The van der Waals surface area contributed by atoms with Crippen LogP contribution in [-0.4, -0.2) is 83.6 Å². The molecule has 16 heteroatoms. The van der Waals surface area contributed by atoms with Gasteiger partial charge in [0.25, 0.3) is 0 Å². The fourth-order valence-corrected chi connectivity index (χ4v) is 4.38. The number of ether oxygens (including phenoxy) is 2. The summed E-state index contributed by atoms with van der Waals surface area (Å²) < 4.78 is 51.9. The second-order valence-corrected chi connectivity index (χ2v) is 9.72. The maximum Gasteiger partial charge on any atom is 0.434 e. The Kier molecular flexibility index (Phi) is 7.93. The molecule has 1 aliphatic carbocycles. The molecule has 0 aliphatic heterocycles. The van der Waals surface area contributed by atoms with E-state index in [0.29, 0.717) is 28.8 Å². The van der Waals surface area contributed by atoms with Crippen molar-refractivity contribution in [1.29, 1.82) is 0 Å². The van der Waals surface area contributed by atoms with Crippen molar-refractivity contribution in [1.82, 2.24) is 29.5 Å². The lowest BCUT2D eigenvalue weighted by Crippen LogP contribution is -2.35. The van der Waals surface area contributed by atoms with Crippen molar-refractivity contribution in [3.8, 4) is 40.2 Å². The van der Waals surface area contributed by atoms with Crippen molar-refractivity contribution < 1.29 is 32.9 Å². The molecule has 0 saturated heterocycles. The summed E-state index contributed by atoms with van der Waals surface area (Å²) in [5, 5.41) is 18.0. The van der Waals surface area contributed by atoms with Gasteiger partial charge in [0.15, 0.2) is 17.3 Å². The number of rotatable bonds is 10. The number of hydrogen-bond acceptors (Lipinski definition) is 9. The number of phenolic OH excluding ortho intramolecular Hbond substituents is 1. The van der Waals surface area contributed by atoms with Crippen molar-refractivity contribution in [2.24, 2.45) is 0 Å². The maximum absolute atomic E-state index is 13.4. The number of imidazole rings is 1. The zero-order valence-electron chi connectivity index (χ0n) is 22.3. The van der Waals surface area contributed by atoms with E-state index in [9.17, 15) is 23.4 Å². The molecule has 0 amide bonds. The van der Waals surface area contributed by atoms with Crippen molar-refractivity contribution in [3.63, 3.8) is 0 Å². The van der Waals surface area contributed by atoms with Gasteiger partial charge in [-0.15, -0.1) is 0 Å². The molecule has 0 atom stereocenters. The Morgan fingerprint density at radius 3 is 2.48 bits per heavy atom. The van der Waals surface area contributed by atoms with Crippen LogP contribution in [0.4, 0.5) is 13.2 Å². The molecule has 0 spiro atoms. The number of aliphatic hydroxyl groups excluding tert-OH is 1. The van der Waals surface area contributed by atoms with E-state index < -0.39 is 17.1 Å². The predicted molar refractivity (Wildman–Crippen MR) is 147 cm³/mol. The smallest absolute Gasteiger partial charge is 0.434 e. The second-order valence-electron chi connectivity index (χ2n) is 9.72. The van der Waals surface area contributed by atoms with Crippen molar-refractivity contribution >= 4 is 23.5 Å². The van der Waals surface area contributed by atoms with E-state index in [1.54, 1.807) is 0 Å². The Bertz CT molecular complexity index is 1610. The molecule has 5 rings (SSSR count). The van der Waals surface area contributed by atoms with Gasteiger partial charge in [-0.05, 0) is 24.5 Å². The Morgan fingerprint density at radius 2 is 1.86 bits per heavy atom. The van der Waals surface area contributed by atoms with Gasteiger partial charge in [0, 0.05) is 24.1 Å². The number of aliphatic hydroxyl groups is 1. The Labute approximate surface area is 242 Å². The molecule has 1 aliphatic rings. The van der Waals surface area contributed by atoms with E-state index in [1.807, 2.05) is 0 Å². The highest BCUT2D eigenvalue weighted by Gasteiger charge is 2.36. The van der Waals surface area contributed by atoms with Crippen molar-refractivity contribution in [3.05, 3.63) is 59.6 Å². The molecular weight excluding hydrogens is 550 g/mol. The van der Waals surface area contributed by atoms with Gasteiger partial charge in [-0.3, -0.25) is 0 Å². The summed E-state index contributed by atoms with van der Waals surface area (Å²) >= 11 is 0. The summed E-state index contributed by atoms with van der Waals surface area (Å²) in [5.74, 6) is 0.478. The summed E-state index contributed by atoms with van der Waals surface area (Å²) in [7, 11) is 18.5. The lowest BCUT2D eigenvalue weighted by molar-refractivity contribution is -0.140. The number of methoxy groups -OCH3 is 1. The van der Waals surface area contributed by atoms with Gasteiger partial charge in [-0.2, -0.15) is 13.2 Å². The molecule has 3 heterocycles. The zero-order valence-corrected chi connectivity index (χ0v) is 22.3. The molecule has 4 aromatic rings. The Balaban J connectivity index is 1.52. The minimum absolute atomic E-state index is 0.0135. The van der Waals surface area contributed by atoms with Crippen LogP contribution < -0.4 is 9.47 Å². The molecule has 2 N–H and O–H groups in total. The minimum atomic E-state index is -4.78. The number of aromatic nitrogens is 6. The monoisotopic (exact) mass is 572 g/mol. The average molecular weight is 572 g/mol. The maximum atomic E-state index is 13.4. The number of aromatic hydroxyl groups is 1. The van der Waals surface area contributed by atoms with Gasteiger partial charge < -0.3 is 24.3 Å². The highest BCUT2D eigenvalue weighted by molar-refractivity contribution is 6.56. The zero-order chi connectivity index (χ0) is 30.2. The molecule has 6 radical (unpaired) electrons. The summed E-state index contributed by atoms with van der Waals surface area (Å²) in [6, 6.07) is 4.18. The standard InChI is InChI=1S/C26H22B3F3N6O4/c1-41-18-10-33-22(20-21(13-2-3-13)34-12-35-24(20)42-7-6-39)36-16(18)8-14-4-5-15(9-17(14)40)23-37-19(25(30,31)32)11-38(23)26(27,28)29/h4-5,9-13,39-40H,2-3,6-8H2,1H3. The second kappa shape index (κ2) is 11.3. The third kappa shape index (κ3) is 6.08. The van der Waals surface area contributed by atoms with Crippen LogP contribution in [-0.2, 0) is 17.8 Å². The molecule has 1 saturated carbocycles. The lowest BCUT2D eigenvalue weighted by Gasteiger charge is -2.25. The Hall–Kier alpha value is -4.07. The van der Waals surface area contributed by atoms with E-state index in [4.69, 9.17) is 33.0 Å². The third-order valence-electron chi connectivity index (χ3n) is 6.52. The molecule has 42 heavy (non-hydrogen) atoms. The normalized spacial score (nSPS) is 13.7. The predicted octanol–water partition coefficient (Wildman–Crippen LogP) is 2.44. The number of hydrogen-bond donors (Lipinski definition) is 2. The Morgan fingerprint density at radius 1 is 1.10 bits per heavy atom. The third-order valence-corrected chi connectivity index (χ3v) is 6.52. The molecule has 10 nitrogen and oxygen atoms in total.